The Morgan fingerprint density at radius 3 is 2.50 bits per heavy atom. The largest absolute Gasteiger partial charge is 0.463 e. The van der Waals surface area contributed by atoms with Gasteiger partial charge in [-0.15, -0.1) is 0 Å². The molecule has 1 aliphatic rings. The molecule has 1 atom stereocenters. The first-order valence-electron chi connectivity index (χ1n) is 8.82. The van der Waals surface area contributed by atoms with Gasteiger partial charge in [0.1, 0.15) is 6.61 Å². The number of carbonyl (C=O) groups excluding carboxylic acids is 2. The molecule has 1 saturated heterocycles. The van der Waals surface area contributed by atoms with Gasteiger partial charge in [0.25, 0.3) is 5.69 Å². The Bertz CT molecular complexity index is 928. The lowest BCUT2D eigenvalue weighted by Crippen LogP contribution is -2.34. The van der Waals surface area contributed by atoms with Crippen LogP contribution in [-0.4, -0.2) is 67.4 Å². The lowest BCUT2D eigenvalue weighted by atomic mass is 10.2. The maximum Gasteiger partial charge on any atom is 0.415 e. The number of amidine groups is 1. The van der Waals surface area contributed by atoms with Crippen molar-refractivity contribution in [1.29, 1.82) is 0 Å². The molecule has 30 heavy (non-hydrogen) atoms. The highest BCUT2D eigenvalue weighted by Gasteiger charge is 2.39. The van der Waals surface area contributed by atoms with Gasteiger partial charge in [0.15, 0.2) is 15.7 Å². The van der Waals surface area contributed by atoms with Gasteiger partial charge in [-0.25, -0.2) is 18.0 Å². The molecule has 0 radical (unpaired) electrons. The van der Waals surface area contributed by atoms with Crippen LogP contribution < -0.4 is 0 Å². The maximum absolute atomic E-state index is 12.4. The average Bonchev–Trinajstić information content (AvgIpc) is 3.11. The molecule has 0 saturated carbocycles. The maximum atomic E-state index is 12.4. The smallest absolute Gasteiger partial charge is 0.415 e. The summed E-state index contributed by atoms with van der Waals surface area (Å²) in [5.74, 6) is -0.657. The number of non-ortho nitro benzene ring substituents is 1. The number of carbonyl (C=O) groups is 2. The van der Waals surface area contributed by atoms with Gasteiger partial charge >= 0.3 is 12.1 Å². The van der Waals surface area contributed by atoms with Crippen LogP contribution in [0.4, 0.5) is 10.5 Å². The van der Waals surface area contributed by atoms with E-state index in [1.54, 1.807) is 6.92 Å². The van der Waals surface area contributed by atoms with Crippen LogP contribution >= 0.6 is 0 Å². The SMILES string of the molecule is CCOC(=O)CON=C1C[C@@H](S(C)(=O)=O)CN1C(=O)OCc1ccc([N+](=O)[O-])cc1. The van der Waals surface area contributed by atoms with Gasteiger partial charge in [-0.1, -0.05) is 5.16 Å². The van der Waals surface area contributed by atoms with E-state index in [1.165, 1.54) is 24.3 Å². The molecular weight excluding hydrogens is 422 g/mol. The zero-order valence-corrected chi connectivity index (χ0v) is 17.2. The van der Waals surface area contributed by atoms with Crippen LogP contribution in [0.2, 0.25) is 0 Å². The van der Waals surface area contributed by atoms with Crippen molar-refractivity contribution in [3.8, 4) is 0 Å². The van der Waals surface area contributed by atoms with Gasteiger partial charge in [-0.3, -0.25) is 15.0 Å². The molecule has 1 amide bonds. The van der Waals surface area contributed by atoms with Crippen LogP contribution in [0.25, 0.3) is 0 Å². The number of nitro groups is 1. The van der Waals surface area contributed by atoms with E-state index in [2.05, 4.69) is 5.16 Å². The summed E-state index contributed by atoms with van der Waals surface area (Å²) in [6.45, 7) is 0.927. The van der Waals surface area contributed by atoms with Crippen molar-refractivity contribution in [2.45, 2.75) is 25.2 Å². The van der Waals surface area contributed by atoms with Gasteiger partial charge in [0.05, 0.1) is 16.8 Å². The number of rotatable bonds is 8. The summed E-state index contributed by atoms with van der Waals surface area (Å²) < 4.78 is 33.6. The molecular formula is C17H21N3O9S. The van der Waals surface area contributed by atoms with Gasteiger partial charge in [-0.2, -0.15) is 0 Å². The van der Waals surface area contributed by atoms with Crippen LogP contribution in [0.1, 0.15) is 18.9 Å². The van der Waals surface area contributed by atoms with E-state index in [0.29, 0.717) is 5.56 Å². The number of hydrogen-bond acceptors (Lipinski definition) is 10. The summed E-state index contributed by atoms with van der Waals surface area (Å²) in [6.07, 6.45) is 0.0902. The Hall–Kier alpha value is -3.22. The van der Waals surface area contributed by atoms with E-state index in [9.17, 15) is 28.1 Å². The minimum absolute atomic E-state index is 0.00317. The first-order valence-corrected chi connectivity index (χ1v) is 10.8. The molecule has 1 aromatic rings. The van der Waals surface area contributed by atoms with Crippen molar-refractivity contribution in [2.24, 2.45) is 5.16 Å². The fraction of sp³-hybridized carbons (Fsp3) is 0.471. The molecule has 2 rings (SSSR count). The summed E-state index contributed by atoms with van der Waals surface area (Å²) in [5, 5.41) is 13.5. The van der Waals surface area contributed by atoms with E-state index in [1.807, 2.05) is 0 Å². The summed E-state index contributed by atoms with van der Waals surface area (Å²) >= 11 is 0. The Morgan fingerprint density at radius 1 is 1.27 bits per heavy atom. The highest BCUT2D eigenvalue weighted by molar-refractivity contribution is 7.91. The summed E-state index contributed by atoms with van der Waals surface area (Å²) in [5.41, 5.74) is 0.402. The van der Waals surface area contributed by atoms with Crippen LogP contribution in [0.5, 0.6) is 0 Å². The number of nitro benzene ring substituents is 1. The quantitative estimate of drug-likeness (QED) is 0.328. The fourth-order valence-corrected chi connectivity index (χ4v) is 3.41. The summed E-state index contributed by atoms with van der Waals surface area (Å²) in [7, 11) is -3.47. The van der Waals surface area contributed by atoms with Crippen LogP contribution in [0.15, 0.2) is 29.4 Å². The number of oxime groups is 1. The number of ether oxygens (including phenoxy) is 2. The highest BCUT2D eigenvalue weighted by Crippen LogP contribution is 2.21. The van der Waals surface area contributed by atoms with Crippen molar-refractivity contribution < 1.29 is 37.2 Å². The molecule has 1 aromatic carbocycles. The van der Waals surface area contributed by atoms with E-state index < -0.39 is 38.7 Å². The van der Waals surface area contributed by atoms with Gasteiger partial charge < -0.3 is 14.3 Å². The second kappa shape index (κ2) is 10.0. The molecule has 0 bridgehead atoms. The van der Waals surface area contributed by atoms with Crippen molar-refractivity contribution in [3.63, 3.8) is 0 Å². The molecule has 0 aromatic heterocycles. The predicted octanol–water partition coefficient (Wildman–Crippen LogP) is 1.24. The number of esters is 1. The molecule has 0 N–H and O–H groups in total. The van der Waals surface area contributed by atoms with Gasteiger partial charge in [0.2, 0.25) is 6.61 Å². The summed E-state index contributed by atoms with van der Waals surface area (Å²) in [6, 6.07) is 5.42. The van der Waals surface area contributed by atoms with E-state index in [4.69, 9.17) is 14.3 Å². The fourth-order valence-electron chi connectivity index (χ4n) is 2.54. The molecule has 13 heteroatoms. The second-order valence-corrected chi connectivity index (χ2v) is 8.66. The van der Waals surface area contributed by atoms with Crippen molar-refractivity contribution >= 4 is 33.4 Å². The van der Waals surface area contributed by atoms with Crippen molar-refractivity contribution in [2.75, 3.05) is 26.0 Å². The third-order valence-electron chi connectivity index (χ3n) is 4.10. The second-order valence-electron chi connectivity index (χ2n) is 6.33. The molecule has 0 aliphatic carbocycles. The Morgan fingerprint density at radius 2 is 1.93 bits per heavy atom. The minimum atomic E-state index is -3.47. The zero-order chi connectivity index (χ0) is 22.3. The number of amides is 1. The number of hydrogen-bond donors (Lipinski definition) is 0. The zero-order valence-electron chi connectivity index (χ0n) is 16.3. The first-order chi connectivity index (χ1) is 14.1. The normalized spacial score (nSPS) is 17.6. The summed E-state index contributed by atoms with van der Waals surface area (Å²) in [4.78, 5) is 39.8. The molecule has 0 unspecified atom stereocenters. The van der Waals surface area contributed by atoms with Crippen molar-refractivity contribution in [1.82, 2.24) is 4.90 Å². The Labute approximate surface area is 172 Å². The van der Waals surface area contributed by atoms with Gasteiger partial charge in [-0.05, 0) is 24.6 Å². The average molecular weight is 443 g/mol. The first kappa shape index (κ1) is 23.1. The molecule has 1 fully saturated rings. The molecule has 12 nitrogen and oxygen atoms in total. The van der Waals surface area contributed by atoms with Crippen LogP contribution in [0, 0.1) is 10.1 Å². The predicted molar refractivity (Wildman–Crippen MR) is 103 cm³/mol. The van der Waals surface area contributed by atoms with E-state index in [0.717, 1.165) is 11.2 Å². The number of likely N-dealkylation sites (tertiary alicyclic amines) is 1. The third-order valence-corrected chi connectivity index (χ3v) is 5.63. The monoisotopic (exact) mass is 443 g/mol. The molecule has 0 spiro atoms. The Balaban J connectivity index is 2.04. The van der Waals surface area contributed by atoms with E-state index >= 15 is 0 Å². The number of sulfone groups is 1. The molecule has 164 valence electrons. The Kier molecular flexibility index (Phi) is 7.69. The standard InChI is InChI=1S/C17H21N3O9S/c1-3-27-16(21)11-29-18-15-8-14(30(2,25)26)9-19(15)17(22)28-10-12-4-6-13(7-5-12)20(23)24/h4-7,14H,3,8-11H2,1-2H3/t14-/m1/s1. The lowest BCUT2D eigenvalue weighted by Gasteiger charge is -2.16. The van der Waals surface area contributed by atoms with Crippen LogP contribution in [-0.2, 0) is 35.5 Å². The third kappa shape index (κ3) is 6.40. The molecule has 1 aliphatic heterocycles. The van der Waals surface area contributed by atoms with Crippen LogP contribution in [0.3, 0.4) is 0 Å². The van der Waals surface area contributed by atoms with E-state index in [-0.39, 0.29) is 37.7 Å². The number of benzene rings is 1. The van der Waals surface area contributed by atoms with Gasteiger partial charge in [0, 0.05) is 31.4 Å². The topological polar surface area (TPSA) is 155 Å². The van der Waals surface area contributed by atoms with Crippen molar-refractivity contribution in [3.05, 3.63) is 39.9 Å². The molecule has 1 heterocycles. The minimum Gasteiger partial charge on any atom is -0.463 e. The number of nitrogens with zero attached hydrogens (tertiary/aromatic N) is 3. The lowest BCUT2D eigenvalue weighted by molar-refractivity contribution is -0.384. The highest BCUT2D eigenvalue weighted by atomic mass is 32.2.